The molecule has 126 valence electrons. The van der Waals surface area contributed by atoms with Crippen molar-refractivity contribution in [1.29, 1.82) is 0 Å². The molecule has 2 aliphatic rings. The Morgan fingerprint density at radius 2 is 1.87 bits per heavy atom. The molecule has 1 aromatic rings. The summed E-state index contributed by atoms with van der Waals surface area (Å²) < 4.78 is 32.2. The van der Waals surface area contributed by atoms with Crippen LogP contribution < -0.4 is 15.4 Å². The molecule has 2 aliphatic heterocycles. The first-order valence-corrected chi connectivity index (χ1v) is 9.18. The molecular weight excluding hydrogens is 318 g/mol. The van der Waals surface area contributed by atoms with Crippen LogP contribution in [0.5, 0.6) is 5.75 Å². The maximum absolute atomic E-state index is 12.7. The number of nitrogens with one attached hydrogen (secondary N) is 2. The lowest BCUT2D eigenvalue weighted by molar-refractivity contribution is 0.216. The number of hydrogen-bond acceptors (Lipinski definition) is 4. The first kappa shape index (κ1) is 16.1. The Labute approximate surface area is 136 Å². The number of amides is 2. The molecule has 2 N–H and O–H groups in total. The predicted octanol–water partition coefficient (Wildman–Crippen LogP) is 0.921. The quantitative estimate of drug-likeness (QED) is 0.854. The van der Waals surface area contributed by atoms with Crippen molar-refractivity contribution in [2.75, 3.05) is 26.2 Å². The van der Waals surface area contributed by atoms with E-state index in [9.17, 15) is 13.2 Å². The lowest BCUT2D eigenvalue weighted by atomic mass is 9.90. The molecule has 3 rings (SSSR count). The number of hydrogen-bond donors (Lipinski definition) is 2. The van der Waals surface area contributed by atoms with Gasteiger partial charge in [-0.2, -0.15) is 4.31 Å². The molecule has 2 amide bonds. The zero-order chi connectivity index (χ0) is 16.5. The number of urea groups is 1. The van der Waals surface area contributed by atoms with Gasteiger partial charge in [0.2, 0.25) is 10.0 Å². The molecule has 0 aromatic heterocycles. The van der Waals surface area contributed by atoms with E-state index in [1.807, 2.05) is 6.92 Å². The number of carbonyl (C=O) groups excluding carboxylic acids is 1. The molecule has 23 heavy (non-hydrogen) atoms. The van der Waals surface area contributed by atoms with E-state index >= 15 is 0 Å². The van der Waals surface area contributed by atoms with Crippen molar-refractivity contribution in [1.82, 2.24) is 14.9 Å². The molecule has 1 aromatic carbocycles. The summed E-state index contributed by atoms with van der Waals surface area (Å²) in [6.07, 6.45) is 1.23. The molecule has 0 atom stereocenters. The van der Waals surface area contributed by atoms with Gasteiger partial charge in [0.1, 0.15) is 5.75 Å². The Morgan fingerprint density at radius 1 is 1.22 bits per heavy atom. The first-order chi connectivity index (χ1) is 11.0. The van der Waals surface area contributed by atoms with Crippen molar-refractivity contribution >= 4 is 16.1 Å². The van der Waals surface area contributed by atoms with Crippen LogP contribution in [0.25, 0.3) is 0 Å². The van der Waals surface area contributed by atoms with Gasteiger partial charge >= 0.3 is 6.03 Å². The SMILES string of the molecule is CCOc1ccc(S(=O)(=O)N2CCC3(CC2)CNC(=O)N3)cc1. The summed E-state index contributed by atoms with van der Waals surface area (Å²) in [6.45, 7) is 3.78. The summed E-state index contributed by atoms with van der Waals surface area (Å²) in [5.74, 6) is 0.656. The molecule has 7 nitrogen and oxygen atoms in total. The van der Waals surface area contributed by atoms with Gasteiger partial charge in [-0.25, -0.2) is 13.2 Å². The maximum atomic E-state index is 12.7. The largest absolute Gasteiger partial charge is 0.494 e. The average Bonchev–Trinajstić information content (AvgIpc) is 2.89. The first-order valence-electron chi connectivity index (χ1n) is 7.74. The molecule has 2 heterocycles. The van der Waals surface area contributed by atoms with Crippen LogP contribution in [0.15, 0.2) is 29.2 Å². The van der Waals surface area contributed by atoms with Crippen molar-refractivity contribution in [2.45, 2.75) is 30.2 Å². The van der Waals surface area contributed by atoms with Crippen molar-refractivity contribution < 1.29 is 17.9 Å². The zero-order valence-electron chi connectivity index (χ0n) is 13.0. The van der Waals surface area contributed by atoms with E-state index in [0.29, 0.717) is 44.8 Å². The minimum Gasteiger partial charge on any atom is -0.494 e. The van der Waals surface area contributed by atoms with Crippen molar-refractivity contribution in [2.24, 2.45) is 0 Å². The van der Waals surface area contributed by atoms with Crippen LogP contribution in [0.2, 0.25) is 0 Å². The summed E-state index contributed by atoms with van der Waals surface area (Å²) in [5, 5.41) is 5.67. The van der Waals surface area contributed by atoms with Gasteiger partial charge in [-0.05, 0) is 44.0 Å². The number of nitrogens with zero attached hydrogens (tertiary/aromatic N) is 1. The van der Waals surface area contributed by atoms with E-state index in [0.717, 1.165) is 0 Å². The Kier molecular flexibility index (Phi) is 4.20. The number of benzene rings is 1. The second-order valence-corrected chi connectivity index (χ2v) is 7.83. The number of sulfonamides is 1. The van der Waals surface area contributed by atoms with E-state index < -0.39 is 10.0 Å². The van der Waals surface area contributed by atoms with Gasteiger partial charge in [-0.3, -0.25) is 0 Å². The monoisotopic (exact) mass is 339 g/mol. The summed E-state index contributed by atoms with van der Waals surface area (Å²) in [5.41, 5.74) is -0.304. The number of carbonyl (C=O) groups is 1. The standard InChI is InChI=1S/C15H21N3O4S/c1-2-22-12-3-5-13(6-4-12)23(20,21)18-9-7-15(8-10-18)11-16-14(19)17-15/h3-6H,2,7-11H2,1H3,(H2,16,17,19). The van der Waals surface area contributed by atoms with Crippen LogP contribution in [0.1, 0.15) is 19.8 Å². The smallest absolute Gasteiger partial charge is 0.315 e. The Balaban J connectivity index is 1.70. The Bertz CT molecular complexity index is 679. The molecule has 2 fully saturated rings. The minimum absolute atomic E-state index is 0.173. The third-order valence-electron chi connectivity index (χ3n) is 4.42. The molecule has 1 spiro atoms. The van der Waals surface area contributed by atoms with Crippen molar-refractivity contribution in [3.8, 4) is 5.75 Å². The van der Waals surface area contributed by atoms with E-state index in [1.54, 1.807) is 24.3 Å². The minimum atomic E-state index is -3.51. The van der Waals surface area contributed by atoms with Crippen LogP contribution in [0, 0.1) is 0 Å². The van der Waals surface area contributed by atoms with Crippen LogP contribution in [0.4, 0.5) is 4.79 Å². The van der Waals surface area contributed by atoms with Gasteiger partial charge in [0.15, 0.2) is 0 Å². The molecular formula is C15H21N3O4S. The van der Waals surface area contributed by atoms with Gasteiger partial charge in [0.05, 0.1) is 17.0 Å². The third-order valence-corrected chi connectivity index (χ3v) is 6.33. The fraction of sp³-hybridized carbons (Fsp3) is 0.533. The molecule has 2 saturated heterocycles. The normalized spacial score (nSPS) is 21.0. The number of piperidine rings is 1. The highest BCUT2D eigenvalue weighted by molar-refractivity contribution is 7.89. The molecule has 8 heteroatoms. The van der Waals surface area contributed by atoms with Crippen LogP contribution in [-0.4, -0.2) is 50.5 Å². The highest BCUT2D eigenvalue weighted by Crippen LogP contribution is 2.28. The van der Waals surface area contributed by atoms with E-state index in [-0.39, 0.29) is 16.5 Å². The van der Waals surface area contributed by atoms with Crippen LogP contribution in [-0.2, 0) is 10.0 Å². The summed E-state index contributed by atoms with van der Waals surface area (Å²) in [7, 11) is -3.51. The second kappa shape index (κ2) is 6.01. The summed E-state index contributed by atoms with van der Waals surface area (Å²) >= 11 is 0. The van der Waals surface area contributed by atoms with Crippen LogP contribution >= 0.6 is 0 Å². The van der Waals surface area contributed by atoms with E-state index in [2.05, 4.69) is 10.6 Å². The van der Waals surface area contributed by atoms with Crippen molar-refractivity contribution in [3.63, 3.8) is 0 Å². The van der Waals surface area contributed by atoms with Gasteiger partial charge < -0.3 is 15.4 Å². The highest BCUT2D eigenvalue weighted by Gasteiger charge is 2.42. The van der Waals surface area contributed by atoms with E-state index in [1.165, 1.54) is 4.31 Å². The summed E-state index contributed by atoms with van der Waals surface area (Å²) in [6, 6.07) is 6.31. The van der Waals surface area contributed by atoms with Crippen LogP contribution in [0.3, 0.4) is 0 Å². The lowest BCUT2D eigenvalue weighted by Crippen LogP contribution is -2.53. The number of rotatable bonds is 4. The summed E-state index contributed by atoms with van der Waals surface area (Å²) in [4.78, 5) is 11.6. The third kappa shape index (κ3) is 3.13. The molecule has 0 saturated carbocycles. The lowest BCUT2D eigenvalue weighted by Gasteiger charge is -2.37. The maximum Gasteiger partial charge on any atom is 0.315 e. The molecule has 0 radical (unpaired) electrons. The fourth-order valence-electron chi connectivity index (χ4n) is 3.06. The van der Waals surface area contributed by atoms with Gasteiger partial charge in [0, 0.05) is 19.6 Å². The van der Waals surface area contributed by atoms with Crippen molar-refractivity contribution in [3.05, 3.63) is 24.3 Å². The topological polar surface area (TPSA) is 87.7 Å². The molecule has 0 bridgehead atoms. The van der Waals surface area contributed by atoms with E-state index in [4.69, 9.17) is 4.74 Å². The predicted molar refractivity (Wildman–Crippen MR) is 84.9 cm³/mol. The highest BCUT2D eigenvalue weighted by atomic mass is 32.2. The average molecular weight is 339 g/mol. The Hall–Kier alpha value is -1.80. The van der Waals surface area contributed by atoms with Gasteiger partial charge in [-0.1, -0.05) is 0 Å². The fourth-order valence-corrected chi connectivity index (χ4v) is 4.50. The zero-order valence-corrected chi connectivity index (χ0v) is 13.9. The van der Waals surface area contributed by atoms with Gasteiger partial charge in [0.25, 0.3) is 0 Å². The Morgan fingerprint density at radius 3 is 2.39 bits per heavy atom. The van der Waals surface area contributed by atoms with Gasteiger partial charge in [-0.15, -0.1) is 0 Å². The molecule has 0 aliphatic carbocycles. The second-order valence-electron chi connectivity index (χ2n) is 5.90. The number of ether oxygens (including phenoxy) is 1. The molecule has 0 unspecified atom stereocenters.